The van der Waals surface area contributed by atoms with Crippen LogP contribution in [-0.2, 0) is 4.79 Å². The SMILES string of the molecule is CC1CN(C(=O)CO)CC(C)N1C. The summed E-state index contributed by atoms with van der Waals surface area (Å²) in [6.07, 6.45) is 0. The molecule has 4 heteroatoms. The highest BCUT2D eigenvalue weighted by Crippen LogP contribution is 2.12. The van der Waals surface area contributed by atoms with Gasteiger partial charge >= 0.3 is 0 Å². The first-order valence-electron chi connectivity index (χ1n) is 4.66. The van der Waals surface area contributed by atoms with Crippen LogP contribution in [0, 0.1) is 0 Å². The average Bonchev–Trinajstić information content (AvgIpc) is 2.12. The number of piperazine rings is 1. The van der Waals surface area contributed by atoms with Crippen molar-refractivity contribution < 1.29 is 9.90 Å². The van der Waals surface area contributed by atoms with Crippen LogP contribution in [0.1, 0.15) is 13.8 Å². The molecule has 13 heavy (non-hydrogen) atoms. The molecule has 2 unspecified atom stereocenters. The van der Waals surface area contributed by atoms with E-state index in [0.717, 1.165) is 13.1 Å². The van der Waals surface area contributed by atoms with E-state index in [0.29, 0.717) is 12.1 Å². The Hall–Kier alpha value is -0.610. The van der Waals surface area contributed by atoms with Gasteiger partial charge in [0.2, 0.25) is 5.91 Å². The van der Waals surface area contributed by atoms with Crippen molar-refractivity contribution in [2.75, 3.05) is 26.7 Å². The summed E-state index contributed by atoms with van der Waals surface area (Å²) in [5.74, 6) is -0.160. The molecule has 76 valence electrons. The standard InChI is InChI=1S/C9H18N2O2/c1-7-4-11(9(13)6-12)5-8(2)10(7)3/h7-8,12H,4-6H2,1-3H3. The van der Waals surface area contributed by atoms with Crippen LogP contribution in [0.3, 0.4) is 0 Å². The monoisotopic (exact) mass is 186 g/mol. The molecular weight excluding hydrogens is 168 g/mol. The second-order valence-corrected chi connectivity index (χ2v) is 3.82. The third-order valence-electron chi connectivity index (χ3n) is 2.85. The highest BCUT2D eigenvalue weighted by Gasteiger charge is 2.28. The van der Waals surface area contributed by atoms with Crippen molar-refractivity contribution in [3.63, 3.8) is 0 Å². The first-order valence-corrected chi connectivity index (χ1v) is 4.66. The molecule has 1 fully saturated rings. The lowest BCUT2D eigenvalue weighted by molar-refractivity contribution is -0.138. The fourth-order valence-electron chi connectivity index (χ4n) is 1.71. The number of hydrogen-bond acceptors (Lipinski definition) is 3. The summed E-state index contributed by atoms with van der Waals surface area (Å²) in [5, 5.41) is 8.72. The van der Waals surface area contributed by atoms with Gasteiger partial charge in [-0.1, -0.05) is 0 Å². The van der Waals surface area contributed by atoms with E-state index in [9.17, 15) is 4.79 Å². The van der Waals surface area contributed by atoms with Crippen molar-refractivity contribution in [3.05, 3.63) is 0 Å². The lowest BCUT2D eigenvalue weighted by atomic mass is 10.1. The van der Waals surface area contributed by atoms with Crippen molar-refractivity contribution in [1.29, 1.82) is 0 Å². The molecule has 0 radical (unpaired) electrons. The van der Waals surface area contributed by atoms with E-state index in [2.05, 4.69) is 25.8 Å². The molecule has 0 bridgehead atoms. The smallest absolute Gasteiger partial charge is 0.248 e. The van der Waals surface area contributed by atoms with Crippen LogP contribution >= 0.6 is 0 Å². The van der Waals surface area contributed by atoms with Crippen LogP contribution in [0.4, 0.5) is 0 Å². The Bertz CT molecular complexity index is 184. The molecule has 1 saturated heterocycles. The van der Waals surface area contributed by atoms with Crippen molar-refractivity contribution in [2.24, 2.45) is 0 Å². The Morgan fingerprint density at radius 2 is 1.85 bits per heavy atom. The van der Waals surface area contributed by atoms with Crippen molar-refractivity contribution in [3.8, 4) is 0 Å². The molecule has 1 amide bonds. The topological polar surface area (TPSA) is 43.8 Å². The van der Waals surface area contributed by atoms with Gasteiger partial charge in [0.05, 0.1) is 0 Å². The van der Waals surface area contributed by atoms with Crippen LogP contribution in [0.2, 0.25) is 0 Å². The molecule has 4 nitrogen and oxygen atoms in total. The largest absolute Gasteiger partial charge is 0.387 e. The number of hydrogen-bond donors (Lipinski definition) is 1. The maximum atomic E-state index is 11.2. The van der Waals surface area contributed by atoms with Gasteiger partial charge in [0.15, 0.2) is 0 Å². The Labute approximate surface area is 79.1 Å². The molecule has 1 N–H and O–H groups in total. The lowest BCUT2D eigenvalue weighted by Crippen LogP contribution is -2.56. The Morgan fingerprint density at radius 1 is 1.38 bits per heavy atom. The predicted octanol–water partition coefficient (Wildman–Crippen LogP) is -0.470. The van der Waals surface area contributed by atoms with Crippen LogP contribution in [-0.4, -0.2) is 59.6 Å². The zero-order valence-electron chi connectivity index (χ0n) is 8.53. The number of nitrogens with zero attached hydrogens (tertiary/aromatic N) is 2. The summed E-state index contributed by atoms with van der Waals surface area (Å²) in [4.78, 5) is 15.2. The van der Waals surface area contributed by atoms with Gasteiger partial charge in [-0.05, 0) is 20.9 Å². The maximum absolute atomic E-state index is 11.2. The number of aliphatic hydroxyl groups excluding tert-OH is 1. The van der Waals surface area contributed by atoms with Gasteiger partial charge in [-0.15, -0.1) is 0 Å². The Balaban J connectivity index is 2.58. The van der Waals surface area contributed by atoms with Crippen molar-refractivity contribution in [2.45, 2.75) is 25.9 Å². The van der Waals surface area contributed by atoms with Crippen molar-refractivity contribution in [1.82, 2.24) is 9.80 Å². The molecule has 1 aliphatic heterocycles. The second-order valence-electron chi connectivity index (χ2n) is 3.82. The summed E-state index contributed by atoms with van der Waals surface area (Å²) < 4.78 is 0. The minimum Gasteiger partial charge on any atom is -0.387 e. The van der Waals surface area contributed by atoms with Crippen LogP contribution < -0.4 is 0 Å². The highest BCUT2D eigenvalue weighted by atomic mass is 16.3. The van der Waals surface area contributed by atoms with Gasteiger partial charge in [0.25, 0.3) is 0 Å². The van der Waals surface area contributed by atoms with Gasteiger partial charge in [-0.25, -0.2) is 0 Å². The Kier molecular flexibility index (Phi) is 3.27. The van der Waals surface area contributed by atoms with E-state index >= 15 is 0 Å². The van der Waals surface area contributed by atoms with Gasteiger partial charge in [-0.3, -0.25) is 9.69 Å². The molecule has 2 atom stereocenters. The molecular formula is C9H18N2O2. The Morgan fingerprint density at radius 3 is 2.23 bits per heavy atom. The molecule has 0 aliphatic carbocycles. The fourth-order valence-corrected chi connectivity index (χ4v) is 1.71. The van der Waals surface area contributed by atoms with Gasteiger partial charge in [0, 0.05) is 25.2 Å². The zero-order valence-corrected chi connectivity index (χ0v) is 8.53. The fraction of sp³-hybridized carbons (Fsp3) is 0.889. The molecule has 0 spiro atoms. The number of rotatable bonds is 1. The summed E-state index contributed by atoms with van der Waals surface area (Å²) in [6, 6.07) is 0.749. The first-order chi connectivity index (χ1) is 6.06. The molecule has 0 aromatic rings. The van der Waals surface area contributed by atoms with E-state index in [4.69, 9.17) is 5.11 Å². The third-order valence-corrected chi connectivity index (χ3v) is 2.85. The van der Waals surface area contributed by atoms with Crippen molar-refractivity contribution >= 4 is 5.91 Å². The maximum Gasteiger partial charge on any atom is 0.248 e. The normalized spacial score (nSPS) is 30.6. The first kappa shape index (κ1) is 10.5. The molecule has 0 aromatic carbocycles. The van der Waals surface area contributed by atoms with Crippen LogP contribution in [0.25, 0.3) is 0 Å². The molecule has 0 aromatic heterocycles. The number of aliphatic hydroxyl groups is 1. The second kappa shape index (κ2) is 4.07. The average molecular weight is 186 g/mol. The van der Waals surface area contributed by atoms with E-state index in [1.54, 1.807) is 4.90 Å². The van der Waals surface area contributed by atoms with Gasteiger partial charge < -0.3 is 10.0 Å². The summed E-state index contributed by atoms with van der Waals surface area (Å²) >= 11 is 0. The molecule has 1 rings (SSSR count). The number of amides is 1. The van der Waals surface area contributed by atoms with E-state index < -0.39 is 0 Å². The van der Waals surface area contributed by atoms with E-state index in [-0.39, 0.29) is 12.5 Å². The molecule has 1 aliphatic rings. The third kappa shape index (κ3) is 2.19. The minimum absolute atomic E-state index is 0.160. The summed E-state index contributed by atoms with van der Waals surface area (Å²) in [5.41, 5.74) is 0. The summed E-state index contributed by atoms with van der Waals surface area (Å²) in [7, 11) is 2.07. The van der Waals surface area contributed by atoms with E-state index in [1.807, 2.05) is 0 Å². The highest BCUT2D eigenvalue weighted by molar-refractivity contribution is 5.77. The van der Waals surface area contributed by atoms with Crippen LogP contribution in [0.5, 0.6) is 0 Å². The van der Waals surface area contributed by atoms with Crippen LogP contribution in [0.15, 0.2) is 0 Å². The zero-order chi connectivity index (χ0) is 10.0. The minimum atomic E-state index is -0.372. The molecule has 1 heterocycles. The number of carbonyl (C=O) groups excluding carboxylic acids is 1. The quantitative estimate of drug-likeness (QED) is 0.602. The van der Waals surface area contributed by atoms with Gasteiger partial charge in [0.1, 0.15) is 6.61 Å². The number of carbonyl (C=O) groups is 1. The van der Waals surface area contributed by atoms with E-state index in [1.165, 1.54) is 0 Å². The van der Waals surface area contributed by atoms with Gasteiger partial charge in [-0.2, -0.15) is 0 Å². The molecule has 0 saturated carbocycles. The lowest BCUT2D eigenvalue weighted by Gasteiger charge is -2.42. The number of likely N-dealkylation sites (N-methyl/N-ethyl adjacent to an activating group) is 1. The predicted molar refractivity (Wildman–Crippen MR) is 50.4 cm³/mol. The summed E-state index contributed by atoms with van der Waals surface area (Å²) in [6.45, 7) is 5.25.